The highest BCUT2D eigenvalue weighted by atomic mass is 19.1. The molecule has 1 atom stereocenters. The van der Waals surface area contributed by atoms with Gasteiger partial charge in [-0.1, -0.05) is 33.8 Å². The standard InChI is InChI=1S/C17H25N5O3.C14H16FNO2.C2H6/c1-4-13-12(10-14(25-13)15-16(23)20-17(24)19-15)18-11(3)22-8-6-21(5-2)7-9-22;1-16-7-6-10-4-5-11(18-8-9-2-3-9)13(15)12(10)14(16)17;1-2/h10,15H,4-9H2,1-3H3,(H2,19,20,23,24);4-5,9H,2-3,6-8H2,1H3;1-2H3. The van der Waals surface area contributed by atoms with E-state index in [2.05, 4.69) is 27.4 Å². The quantitative estimate of drug-likeness (QED) is 0.260. The van der Waals surface area contributed by atoms with Gasteiger partial charge in [-0.2, -0.15) is 0 Å². The average Bonchev–Trinajstić information content (AvgIpc) is 3.70. The fraction of sp³-hybridized carbons (Fsp3) is 0.576. The molecule has 1 saturated carbocycles. The number of fused-ring (bicyclic) bond motifs is 1. The monoisotopic (exact) mass is 626 g/mol. The Bertz CT molecular complexity index is 1400. The van der Waals surface area contributed by atoms with E-state index >= 15 is 0 Å². The van der Waals surface area contributed by atoms with Crippen molar-refractivity contribution >= 4 is 29.4 Å². The lowest BCUT2D eigenvalue weighted by atomic mass is 9.98. The number of rotatable bonds is 7. The Kier molecular flexibility index (Phi) is 11.6. The maximum Gasteiger partial charge on any atom is 0.322 e. The lowest BCUT2D eigenvalue weighted by molar-refractivity contribution is -0.120. The molecule has 0 spiro atoms. The Labute approximate surface area is 265 Å². The predicted octanol–water partition coefficient (Wildman–Crippen LogP) is 4.68. The third kappa shape index (κ3) is 8.22. The summed E-state index contributed by atoms with van der Waals surface area (Å²) in [7, 11) is 1.70. The maximum atomic E-state index is 14.3. The number of hydrogen-bond donors (Lipinski definition) is 2. The summed E-state index contributed by atoms with van der Waals surface area (Å²) >= 11 is 0. The van der Waals surface area contributed by atoms with Crippen molar-refractivity contribution in [3.63, 3.8) is 0 Å². The lowest BCUT2D eigenvalue weighted by Gasteiger charge is -2.35. The number of urea groups is 1. The van der Waals surface area contributed by atoms with E-state index in [-0.39, 0.29) is 17.2 Å². The average molecular weight is 627 g/mol. The van der Waals surface area contributed by atoms with Gasteiger partial charge in [0.05, 0.1) is 12.2 Å². The Morgan fingerprint density at radius 2 is 1.80 bits per heavy atom. The molecule has 1 aromatic carbocycles. The highest BCUT2D eigenvalue weighted by Crippen LogP contribution is 2.33. The summed E-state index contributed by atoms with van der Waals surface area (Å²) in [5, 5.41) is 4.77. The van der Waals surface area contributed by atoms with E-state index in [1.807, 2.05) is 33.8 Å². The van der Waals surface area contributed by atoms with Gasteiger partial charge in [0.15, 0.2) is 17.6 Å². The number of halogens is 1. The molecule has 2 aromatic rings. The number of likely N-dealkylation sites (N-methyl/N-ethyl adjacent to an activating group) is 2. The van der Waals surface area contributed by atoms with Crippen molar-refractivity contribution in [1.82, 2.24) is 25.3 Å². The van der Waals surface area contributed by atoms with Crippen LogP contribution in [0.2, 0.25) is 0 Å². The molecule has 45 heavy (non-hydrogen) atoms. The molecule has 0 bridgehead atoms. The van der Waals surface area contributed by atoms with Crippen LogP contribution in [0.25, 0.3) is 0 Å². The van der Waals surface area contributed by atoms with Crippen molar-refractivity contribution in [2.24, 2.45) is 10.9 Å². The smallest absolute Gasteiger partial charge is 0.322 e. The van der Waals surface area contributed by atoms with Crippen molar-refractivity contribution in [3.05, 3.63) is 46.7 Å². The molecule has 4 heterocycles. The number of aliphatic imine (C=N–C) groups is 1. The summed E-state index contributed by atoms with van der Waals surface area (Å²) in [5.41, 5.74) is 1.70. The molecule has 1 aromatic heterocycles. The number of furan rings is 1. The predicted molar refractivity (Wildman–Crippen MR) is 171 cm³/mol. The molecule has 4 amide bonds. The Hall–Kier alpha value is -3.93. The van der Waals surface area contributed by atoms with Crippen molar-refractivity contribution in [2.75, 3.05) is 52.9 Å². The minimum atomic E-state index is -0.782. The van der Waals surface area contributed by atoms with E-state index in [9.17, 15) is 18.8 Å². The highest BCUT2D eigenvalue weighted by Gasteiger charge is 2.34. The molecule has 2 saturated heterocycles. The zero-order chi connectivity index (χ0) is 32.7. The number of amides is 4. The summed E-state index contributed by atoms with van der Waals surface area (Å²) in [6.07, 6.45) is 3.69. The first-order valence-electron chi connectivity index (χ1n) is 16.1. The van der Waals surface area contributed by atoms with Gasteiger partial charge in [0.25, 0.3) is 11.8 Å². The maximum absolute atomic E-state index is 14.3. The summed E-state index contributed by atoms with van der Waals surface area (Å²) in [6, 6.07) is 3.93. The van der Waals surface area contributed by atoms with Gasteiger partial charge >= 0.3 is 6.03 Å². The molecular weight excluding hydrogens is 579 g/mol. The number of carbonyl (C=O) groups excluding carboxylic acids is 3. The van der Waals surface area contributed by atoms with E-state index in [4.69, 9.17) is 14.1 Å². The second-order valence-corrected chi connectivity index (χ2v) is 11.4. The molecule has 1 unspecified atom stereocenters. The van der Waals surface area contributed by atoms with E-state index in [0.29, 0.717) is 37.7 Å². The van der Waals surface area contributed by atoms with Gasteiger partial charge in [-0.05, 0) is 50.3 Å². The van der Waals surface area contributed by atoms with Crippen molar-refractivity contribution in [2.45, 2.75) is 66.3 Å². The van der Waals surface area contributed by atoms with E-state index < -0.39 is 23.8 Å². The van der Waals surface area contributed by atoms with Crippen LogP contribution in [0, 0.1) is 11.7 Å². The SMILES string of the molecule is CC.CCc1oc(C2NC(=O)NC2=O)cc1N=C(C)N1CCN(CC)CC1.CN1CCc2ccc(OCC3CC3)c(F)c2C1=O. The van der Waals surface area contributed by atoms with Gasteiger partial charge in [0.2, 0.25) is 0 Å². The fourth-order valence-corrected chi connectivity index (χ4v) is 5.40. The highest BCUT2D eigenvalue weighted by molar-refractivity contribution is 6.04. The van der Waals surface area contributed by atoms with Crippen molar-refractivity contribution in [3.8, 4) is 5.75 Å². The van der Waals surface area contributed by atoms with Crippen molar-refractivity contribution in [1.29, 1.82) is 0 Å². The van der Waals surface area contributed by atoms with Gasteiger partial charge < -0.3 is 29.2 Å². The van der Waals surface area contributed by atoms with Crippen LogP contribution >= 0.6 is 0 Å². The number of nitrogens with one attached hydrogen (secondary N) is 2. The second-order valence-electron chi connectivity index (χ2n) is 11.4. The third-order valence-electron chi connectivity index (χ3n) is 8.39. The number of nitrogens with zero attached hydrogens (tertiary/aromatic N) is 4. The summed E-state index contributed by atoms with van der Waals surface area (Å²) in [5.74, 6) is 1.72. The number of amidine groups is 1. The lowest BCUT2D eigenvalue weighted by Crippen LogP contribution is -2.47. The van der Waals surface area contributed by atoms with Gasteiger partial charge in [-0.25, -0.2) is 14.2 Å². The van der Waals surface area contributed by atoms with Gasteiger partial charge in [-0.15, -0.1) is 0 Å². The Morgan fingerprint density at radius 1 is 1.09 bits per heavy atom. The first-order chi connectivity index (χ1) is 21.7. The second kappa shape index (κ2) is 15.4. The van der Waals surface area contributed by atoms with E-state index in [0.717, 1.165) is 68.4 Å². The molecule has 2 N–H and O–H groups in total. The molecule has 1 aliphatic carbocycles. The molecule has 11 nitrogen and oxygen atoms in total. The number of ether oxygens (including phenoxy) is 1. The van der Waals surface area contributed by atoms with Crippen molar-refractivity contribution < 1.29 is 27.9 Å². The largest absolute Gasteiger partial charge is 0.490 e. The number of imide groups is 1. The molecule has 246 valence electrons. The normalized spacial score (nSPS) is 20.0. The van der Waals surface area contributed by atoms with Crippen LogP contribution < -0.4 is 15.4 Å². The molecule has 0 radical (unpaired) electrons. The summed E-state index contributed by atoms with van der Waals surface area (Å²) < 4.78 is 25.5. The van der Waals surface area contributed by atoms with Crippen LogP contribution in [-0.4, -0.2) is 91.3 Å². The zero-order valence-electron chi connectivity index (χ0n) is 27.4. The molecule has 12 heteroatoms. The van der Waals surface area contributed by atoms with Crippen LogP contribution in [0.15, 0.2) is 27.6 Å². The third-order valence-corrected chi connectivity index (χ3v) is 8.39. The van der Waals surface area contributed by atoms with Crippen LogP contribution in [0.5, 0.6) is 5.75 Å². The van der Waals surface area contributed by atoms with Gasteiger partial charge in [0, 0.05) is 52.3 Å². The molecule has 4 aliphatic rings. The van der Waals surface area contributed by atoms with E-state index in [1.54, 1.807) is 24.1 Å². The van der Waals surface area contributed by atoms with Crippen LogP contribution in [0.4, 0.5) is 14.9 Å². The van der Waals surface area contributed by atoms with Gasteiger partial charge in [0.1, 0.15) is 23.0 Å². The Balaban J connectivity index is 0.000000203. The number of piperazine rings is 1. The number of benzene rings is 1. The molecule has 3 aliphatic heterocycles. The number of aryl methyl sites for hydroxylation is 1. The summed E-state index contributed by atoms with van der Waals surface area (Å²) in [4.78, 5) is 46.1. The summed E-state index contributed by atoms with van der Waals surface area (Å²) in [6.45, 7) is 16.4. The van der Waals surface area contributed by atoms with Gasteiger partial charge in [-0.3, -0.25) is 14.9 Å². The fourth-order valence-electron chi connectivity index (χ4n) is 5.40. The minimum absolute atomic E-state index is 0.192. The first kappa shape index (κ1) is 34.0. The Morgan fingerprint density at radius 3 is 2.40 bits per heavy atom. The van der Waals surface area contributed by atoms with Crippen LogP contribution in [0.3, 0.4) is 0 Å². The minimum Gasteiger partial charge on any atom is -0.490 e. The van der Waals surface area contributed by atoms with Crippen LogP contribution in [-0.2, 0) is 17.6 Å². The number of carbonyl (C=O) groups is 3. The number of hydrogen-bond acceptors (Lipinski definition) is 7. The molecule has 3 fully saturated rings. The van der Waals surface area contributed by atoms with E-state index in [1.165, 1.54) is 0 Å². The van der Waals surface area contributed by atoms with Crippen LogP contribution in [0.1, 0.15) is 80.9 Å². The molecular formula is C33H47FN6O5. The topological polar surface area (TPSA) is 120 Å². The first-order valence-corrected chi connectivity index (χ1v) is 16.1. The molecule has 6 rings (SSSR count). The zero-order valence-corrected chi connectivity index (χ0v) is 27.4.